The van der Waals surface area contributed by atoms with Crippen LogP contribution in [0.1, 0.15) is 23.9 Å². The number of rotatable bonds is 4. The average molecular weight is 269 g/mol. The number of hydrogen-bond acceptors (Lipinski definition) is 3. The summed E-state index contributed by atoms with van der Waals surface area (Å²) in [5, 5.41) is 4.41. The second-order valence-electron chi connectivity index (χ2n) is 4.39. The van der Waals surface area contributed by atoms with Gasteiger partial charge in [0.25, 0.3) is 0 Å². The molecule has 4 nitrogen and oxygen atoms in total. The number of aromatic nitrogens is 2. The summed E-state index contributed by atoms with van der Waals surface area (Å²) < 4.78 is 7.71. The summed E-state index contributed by atoms with van der Waals surface area (Å²) in [6, 6.07) is 9.78. The number of nitrogens with two attached hydrogens (primary N) is 1. The summed E-state index contributed by atoms with van der Waals surface area (Å²) >= 11 is 0. The molecule has 20 heavy (non-hydrogen) atoms. The third-order valence-corrected chi connectivity index (χ3v) is 2.98. The lowest BCUT2D eigenvalue weighted by molar-refractivity contribution is 0.294. The van der Waals surface area contributed by atoms with Crippen LogP contribution in [0, 0.1) is 11.8 Å². The molecule has 0 aliphatic heterocycles. The molecule has 104 valence electrons. The Morgan fingerprint density at radius 1 is 1.35 bits per heavy atom. The first-order chi connectivity index (χ1) is 9.74. The maximum atomic E-state index is 5.85. The Labute approximate surface area is 119 Å². The van der Waals surface area contributed by atoms with Gasteiger partial charge in [0.2, 0.25) is 0 Å². The summed E-state index contributed by atoms with van der Waals surface area (Å²) in [7, 11) is 1.93. The van der Waals surface area contributed by atoms with Crippen molar-refractivity contribution in [3.8, 4) is 17.6 Å². The fourth-order valence-corrected chi connectivity index (χ4v) is 1.87. The van der Waals surface area contributed by atoms with Gasteiger partial charge in [0.15, 0.2) is 0 Å². The van der Waals surface area contributed by atoms with Crippen LogP contribution in [0.25, 0.3) is 0 Å². The van der Waals surface area contributed by atoms with Crippen molar-refractivity contribution in [2.45, 2.75) is 20.0 Å². The summed E-state index contributed by atoms with van der Waals surface area (Å²) in [5.41, 5.74) is 8.38. The van der Waals surface area contributed by atoms with E-state index in [0.29, 0.717) is 13.2 Å². The molecule has 2 N–H and O–H groups in total. The number of benzene rings is 1. The average Bonchev–Trinajstić information content (AvgIpc) is 2.84. The zero-order valence-electron chi connectivity index (χ0n) is 11.9. The van der Waals surface area contributed by atoms with Crippen molar-refractivity contribution in [3.63, 3.8) is 0 Å². The summed E-state index contributed by atoms with van der Waals surface area (Å²) in [6.45, 7) is 2.91. The molecule has 1 aromatic carbocycles. The van der Waals surface area contributed by atoms with Crippen LogP contribution >= 0.6 is 0 Å². The molecule has 1 heterocycles. The van der Waals surface area contributed by atoms with Crippen molar-refractivity contribution in [2.75, 3.05) is 6.54 Å². The van der Waals surface area contributed by atoms with Crippen LogP contribution in [-0.2, 0) is 20.1 Å². The normalized spacial score (nSPS) is 9.95. The molecule has 0 aliphatic rings. The van der Waals surface area contributed by atoms with Gasteiger partial charge < -0.3 is 10.5 Å². The molecule has 0 spiro atoms. The first kappa shape index (κ1) is 14.2. The Morgan fingerprint density at radius 2 is 2.15 bits per heavy atom. The highest BCUT2D eigenvalue weighted by atomic mass is 16.5. The zero-order chi connectivity index (χ0) is 14.4. The Hall–Kier alpha value is -2.25. The van der Waals surface area contributed by atoms with E-state index in [9.17, 15) is 0 Å². The summed E-state index contributed by atoms with van der Waals surface area (Å²) in [4.78, 5) is 0. The fourth-order valence-electron chi connectivity index (χ4n) is 1.87. The van der Waals surface area contributed by atoms with Crippen molar-refractivity contribution >= 4 is 0 Å². The number of para-hydroxylation sites is 1. The maximum absolute atomic E-state index is 5.85. The van der Waals surface area contributed by atoms with Gasteiger partial charge in [0, 0.05) is 7.05 Å². The van der Waals surface area contributed by atoms with Gasteiger partial charge in [-0.15, -0.1) is 0 Å². The molecule has 0 fully saturated rings. The summed E-state index contributed by atoms with van der Waals surface area (Å²) in [6.07, 6.45) is 0.923. The van der Waals surface area contributed by atoms with Gasteiger partial charge in [-0.25, -0.2) is 0 Å². The third kappa shape index (κ3) is 3.40. The molecule has 0 amide bonds. The Balaban J connectivity index is 2.12. The highest BCUT2D eigenvalue weighted by Gasteiger charge is 2.06. The molecular formula is C16H19N3O. The minimum Gasteiger partial charge on any atom is -0.486 e. The lowest BCUT2D eigenvalue weighted by atomic mass is 10.2. The fraction of sp³-hybridized carbons (Fsp3) is 0.312. The number of aryl methyl sites for hydroxylation is 2. The van der Waals surface area contributed by atoms with Gasteiger partial charge >= 0.3 is 0 Å². The highest BCUT2D eigenvalue weighted by Crippen LogP contribution is 2.18. The Bertz CT molecular complexity index is 635. The molecule has 0 unspecified atom stereocenters. The van der Waals surface area contributed by atoms with E-state index in [2.05, 4.69) is 29.9 Å². The maximum Gasteiger partial charge on any atom is 0.135 e. The van der Waals surface area contributed by atoms with E-state index >= 15 is 0 Å². The molecule has 1 aromatic heterocycles. The van der Waals surface area contributed by atoms with Crippen molar-refractivity contribution in [2.24, 2.45) is 12.8 Å². The zero-order valence-corrected chi connectivity index (χ0v) is 11.9. The molecule has 0 radical (unpaired) electrons. The van der Waals surface area contributed by atoms with E-state index < -0.39 is 0 Å². The molecule has 0 bridgehead atoms. The Morgan fingerprint density at radius 3 is 2.85 bits per heavy atom. The van der Waals surface area contributed by atoms with Crippen LogP contribution in [0.3, 0.4) is 0 Å². The van der Waals surface area contributed by atoms with Crippen LogP contribution in [0.5, 0.6) is 5.75 Å². The van der Waals surface area contributed by atoms with E-state index in [1.54, 1.807) is 0 Å². The standard InChI is InChI=1S/C16H19N3O/c1-3-14-11-15(19(2)18-14)12-20-16-9-5-4-7-13(16)8-6-10-17/h4-5,7,9,11H,3,10,12,17H2,1-2H3. The first-order valence-electron chi connectivity index (χ1n) is 6.67. The van der Waals surface area contributed by atoms with Crippen LogP contribution < -0.4 is 10.5 Å². The van der Waals surface area contributed by atoms with E-state index in [1.165, 1.54) is 0 Å². The number of nitrogens with zero attached hydrogens (tertiary/aromatic N) is 2. The SMILES string of the molecule is CCc1cc(COc2ccccc2C#CCN)n(C)n1. The van der Waals surface area contributed by atoms with Crippen LogP contribution in [0.4, 0.5) is 0 Å². The predicted octanol–water partition coefficient (Wildman–Crippen LogP) is 1.87. The highest BCUT2D eigenvalue weighted by molar-refractivity contribution is 5.46. The monoisotopic (exact) mass is 269 g/mol. The molecule has 4 heteroatoms. The second kappa shape index (κ2) is 6.78. The minimum absolute atomic E-state index is 0.343. The van der Waals surface area contributed by atoms with Gasteiger partial charge in [-0.05, 0) is 24.6 Å². The molecule has 0 saturated carbocycles. The van der Waals surface area contributed by atoms with Crippen LogP contribution in [0.15, 0.2) is 30.3 Å². The lowest BCUT2D eigenvalue weighted by Crippen LogP contribution is -2.03. The van der Waals surface area contributed by atoms with Gasteiger partial charge in [0.05, 0.1) is 23.5 Å². The second-order valence-corrected chi connectivity index (χ2v) is 4.39. The molecule has 2 aromatic rings. The Kier molecular flexibility index (Phi) is 4.80. The van der Waals surface area contributed by atoms with Gasteiger partial charge in [0.1, 0.15) is 12.4 Å². The molecule has 0 aliphatic carbocycles. The molecule has 0 atom stereocenters. The minimum atomic E-state index is 0.343. The predicted molar refractivity (Wildman–Crippen MR) is 79.3 cm³/mol. The van der Waals surface area contributed by atoms with Gasteiger partial charge in [-0.2, -0.15) is 5.10 Å². The van der Waals surface area contributed by atoms with E-state index in [0.717, 1.165) is 29.1 Å². The number of ether oxygens (including phenoxy) is 1. The summed E-state index contributed by atoms with van der Waals surface area (Å²) in [5.74, 6) is 6.64. The van der Waals surface area contributed by atoms with Gasteiger partial charge in [-0.3, -0.25) is 4.68 Å². The number of hydrogen-bond donors (Lipinski definition) is 1. The van der Waals surface area contributed by atoms with Crippen molar-refractivity contribution in [3.05, 3.63) is 47.3 Å². The molecular weight excluding hydrogens is 250 g/mol. The third-order valence-electron chi connectivity index (χ3n) is 2.98. The van der Waals surface area contributed by atoms with Crippen molar-refractivity contribution in [1.29, 1.82) is 0 Å². The molecule has 0 saturated heterocycles. The van der Waals surface area contributed by atoms with Crippen molar-refractivity contribution in [1.82, 2.24) is 9.78 Å². The van der Waals surface area contributed by atoms with E-state index in [1.807, 2.05) is 36.0 Å². The lowest BCUT2D eigenvalue weighted by Gasteiger charge is -2.08. The quantitative estimate of drug-likeness (QED) is 0.862. The van der Waals surface area contributed by atoms with Gasteiger partial charge in [-0.1, -0.05) is 30.9 Å². The molecule has 2 rings (SSSR count). The van der Waals surface area contributed by atoms with Crippen molar-refractivity contribution < 1.29 is 4.74 Å². The first-order valence-corrected chi connectivity index (χ1v) is 6.67. The van der Waals surface area contributed by atoms with Crippen LogP contribution in [-0.4, -0.2) is 16.3 Å². The largest absolute Gasteiger partial charge is 0.486 e. The smallest absolute Gasteiger partial charge is 0.135 e. The van der Waals surface area contributed by atoms with Crippen LogP contribution in [0.2, 0.25) is 0 Å². The van der Waals surface area contributed by atoms with E-state index in [4.69, 9.17) is 10.5 Å². The van der Waals surface area contributed by atoms with E-state index in [-0.39, 0.29) is 0 Å². The topological polar surface area (TPSA) is 53.1 Å².